The van der Waals surface area contributed by atoms with Crippen molar-refractivity contribution in [1.29, 1.82) is 0 Å². The zero-order valence-electron chi connectivity index (χ0n) is 7.54. The molecule has 8 heteroatoms. The molecule has 0 bridgehead atoms. The summed E-state index contributed by atoms with van der Waals surface area (Å²) >= 11 is 1.66. The van der Waals surface area contributed by atoms with Crippen LogP contribution < -0.4 is 5.14 Å². The Morgan fingerprint density at radius 1 is 1.53 bits per heavy atom. The zero-order valence-corrected chi connectivity index (χ0v) is 10.5. The van der Waals surface area contributed by atoms with Crippen molar-refractivity contribution < 1.29 is 17.2 Å². The summed E-state index contributed by atoms with van der Waals surface area (Å²) < 4.78 is 47.3. The monoisotopic (exact) mass is 348 g/mol. The van der Waals surface area contributed by atoms with Crippen molar-refractivity contribution >= 4 is 32.6 Å². The van der Waals surface area contributed by atoms with Crippen LogP contribution in [0, 0.1) is 10.6 Å². The average Bonchev–Trinajstić information content (AvgIpc) is 2.06. The first kappa shape index (κ1) is 12.7. The second-order valence-corrected chi connectivity index (χ2v) is 5.39. The molecule has 0 aliphatic carbocycles. The summed E-state index contributed by atoms with van der Waals surface area (Å²) in [5, 5.41) is 4.36. The van der Waals surface area contributed by atoms with E-state index in [4.69, 9.17) is 5.14 Å². The average molecular weight is 348 g/mol. The molecule has 0 radical (unpaired) electrons. The SMILES string of the molecule is Cc1c(C(F)F)cc(I)nc1S(N)(=O)=O. The van der Waals surface area contributed by atoms with Gasteiger partial charge in [0.25, 0.3) is 16.4 Å². The van der Waals surface area contributed by atoms with Crippen molar-refractivity contribution in [2.75, 3.05) is 0 Å². The van der Waals surface area contributed by atoms with Crippen LogP contribution in [0.5, 0.6) is 0 Å². The van der Waals surface area contributed by atoms with E-state index < -0.39 is 21.5 Å². The van der Waals surface area contributed by atoms with Crippen LogP contribution in [0.15, 0.2) is 11.1 Å². The summed E-state index contributed by atoms with van der Waals surface area (Å²) in [7, 11) is -4.06. The molecular weight excluding hydrogens is 341 g/mol. The molecule has 4 nitrogen and oxygen atoms in total. The summed E-state index contributed by atoms with van der Waals surface area (Å²) in [6.45, 7) is 1.25. The highest BCUT2D eigenvalue weighted by molar-refractivity contribution is 14.1. The Bertz CT molecular complexity index is 490. The van der Waals surface area contributed by atoms with Gasteiger partial charge in [0.2, 0.25) is 0 Å². The molecule has 0 saturated heterocycles. The smallest absolute Gasteiger partial charge is 0.229 e. The Hall–Kier alpha value is -0.350. The zero-order chi connectivity index (χ0) is 11.8. The van der Waals surface area contributed by atoms with Gasteiger partial charge in [-0.1, -0.05) is 0 Å². The van der Waals surface area contributed by atoms with Crippen molar-refractivity contribution in [3.63, 3.8) is 0 Å². The molecule has 0 atom stereocenters. The minimum absolute atomic E-state index is 0.104. The van der Waals surface area contributed by atoms with Crippen molar-refractivity contribution in [3.8, 4) is 0 Å². The number of nitrogens with zero attached hydrogens (tertiary/aromatic N) is 1. The van der Waals surface area contributed by atoms with E-state index in [9.17, 15) is 17.2 Å². The lowest BCUT2D eigenvalue weighted by molar-refractivity contribution is 0.150. The highest BCUT2D eigenvalue weighted by Gasteiger charge is 2.21. The third-order valence-corrected chi connectivity index (χ3v) is 3.23. The first-order valence-corrected chi connectivity index (χ1v) is 6.34. The minimum atomic E-state index is -4.06. The summed E-state index contributed by atoms with van der Waals surface area (Å²) in [6.07, 6.45) is -2.75. The molecule has 1 aromatic rings. The molecule has 1 aromatic heterocycles. The van der Waals surface area contributed by atoms with Gasteiger partial charge in [-0.3, -0.25) is 0 Å². The number of pyridine rings is 1. The van der Waals surface area contributed by atoms with Crippen LogP contribution in [0.25, 0.3) is 0 Å². The van der Waals surface area contributed by atoms with Gasteiger partial charge in [-0.05, 0) is 41.1 Å². The number of aromatic nitrogens is 1. The normalized spacial score (nSPS) is 12.1. The molecule has 0 fully saturated rings. The molecule has 2 N–H and O–H groups in total. The van der Waals surface area contributed by atoms with Gasteiger partial charge in [-0.2, -0.15) is 0 Å². The molecule has 1 heterocycles. The van der Waals surface area contributed by atoms with Crippen LogP contribution >= 0.6 is 22.6 Å². The fourth-order valence-electron chi connectivity index (χ4n) is 1.08. The van der Waals surface area contributed by atoms with Crippen molar-refractivity contribution in [2.24, 2.45) is 5.14 Å². The Balaban J connectivity index is 3.56. The highest BCUT2D eigenvalue weighted by atomic mass is 127. The number of halogens is 3. The molecule has 0 amide bonds. The van der Waals surface area contributed by atoms with Crippen molar-refractivity contribution in [2.45, 2.75) is 18.4 Å². The Kier molecular flexibility index (Phi) is 3.61. The van der Waals surface area contributed by atoms with E-state index in [-0.39, 0.29) is 14.8 Å². The maximum atomic E-state index is 12.5. The van der Waals surface area contributed by atoms with Gasteiger partial charge in [0.15, 0.2) is 5.03 Å². The number of hydrogen-bond donors (Lipinski definition) is 1. The van der Waals surface area contributed by atoms with Gasteiger partial charge in [0.05, 0.1) is 0 Å². The summed E-state index contributed by atoms with van der Waals surface area (Å²) in [6, 6.07) is 1.13. The van der Waals surface area contributed by atoms with Gasteiger partial charge in [-0.15, -0.1) is 0 Å². The number of nitrogens with two attached hydrogens (primary N) is 1. The first-order valence-electron chi connectivity index (χ1n) is 3.71. The molecule has 0 aliphatic heterocycles. The third kappa shape index (κ3) is 2.82. The van der Waals surface area contributed by atoms with Gasteiger partial charge in [-0.25, -0.2) is 27.3 Å². The fourth-order valence-corrected chi connectivity index (χ4v) is 2.59. The fraction of sp³-hybridized carbons (Fsp3) is 0.286. The van der Waals surface area contributed by atoms with Crippen LogP contribution in [-0.2, 0) is 10.0 Å². The van der Waals surface area contributed by atoms with Gasteiger partial charge in [0, 0.05) is 5.56 Å². The summed E-state index contributed by atoms with van der Waals surface area (Å²) in [5.41, 5.74) is -0.466. The van der Waals surface area contributed by atoms with E-state index in [1.165, 1.54) is 6.92 Å². The molecule has 0 aromatic carbocycles. The van der Waals surface area contributed by atoms with Crippen LogP contribution in [0.1, 0.15) is 17.6 Å². The summed E-state index contributed by atoms with van der Waals surface area (Å²) in [4.78, 5) is 3.63. The predicted octanol–water partition coefficient (Wildman–Crippen LogP) is 1.58. The molecule has 84 valence electrons. The maximum absolute atomic E-state index is 12.5. The number of hydrogen-bond acceptors (Lipinski definition) is 3. The quantitative estimate of drug-likeness (QED) is 0.652. The van der Waals surface area contributed by atoms with E-state index >= 15 is 0 Å². The lowest BCUT2D eigenvalue weighted by Gasteiger charge is -2.08. The number of alkyl halides is 2. The van der Waals surface area contributed by atoms with Crippen LogP contribution in [0.4, 0.5) is 8.78 Å². The van der Waals surface area contributed by atoms with Crippen LogP contribution in [0.2, 0.25) is 0 Å². The van der Waals surface area contributed by atoms with Crippen molar-refractivity contribution in [1.82, 2.24) is 4.98 Å². The molecule has 0 aliphatic rings. The standard InChI is InChI=1S/C7H7F2IN2O2S/c1-3-4(6(8)9)2-5(10)12-7(3)15(11,13)14/h2,6H,1H3,(H2,11,13,14). The predicted molar refractivity (Wildman–Crippen MR) is 58.0 cm³/mol. The Morgan fingerprint density at radius 2 is 2.07 bits per heavy atom. The topological polar surface area (TPSA) is 73.0 Å². The molecule has 0 spiro atoms. The van der Waals surface area contributed by atoms with Gasteiger partial charge in [0.1, 0.15) is 3.70 Å². The first-order chi connectivity index (χ1) is 6.73. The number of rotatable bonds is 2. The number of primary sulfonamides is 1. The molecule has 0 unspecified atom stereocenters. The van der Waals surface area contributed by atoms with E-state index in [2.05, 4.69) is 4.98 Å². The lowest BCUT2D eigenvalue weighted by Crippen LogP contribution is -2.17. The molecule has 0 saturated carbocycles. The van der Waals surface area contributed by atoms with E-state index in [0.717, 1.165) is 6.07 Å². The van der Waals surface area contributed by atoms with E-state index in [1.807, 2.05) is 0 Å². The van der Waals surface area contributed by atoms with Crippen molar-refractivity contribution in [3.05, 3.63) is 20.9 Å². The minimum Gasteiger partial charge on any atom is -0.229 e. The van der Waals surface area contributed by atoms with Crippen LogP contribution in [-0.4, -0.2) is 13.4 Å². The largest absolute Gasteiger partial charge is 0.264 e. The summed E-state index contributed by atoms with van der Waals surface area (Å²) in [5.74, 6) is 0. The molecular formula is C7H7F2IN2O2S. The second-order valence-electron chi connectivity index (χ2n) is 2.81. The molecule has 1 rings (SSSR count). The Labute approximate surface area is 99.1 Å². The maximum Gasteiger partial charge on any atom is 0.264 e. The van der Waals surface area contributed by atoms with Gasteiger partial charge >= 0.3 is 0 Å². The third-order valence-electron chi connectivity index (χ3n) is 1.74. The lowest BCUT2D eigenvalue weighted by atomic mass is 10.2. The van der Waals surface area contributed by atoms with Crippen LogP contribution in [0.3, 0.4) is 0 Å². The highest BCUT2D eigenvalue weighted by Crippen LogP contribution is 2.26. The number of sulfonamides is 1. The Morgan fingerprint density at radius 3 is 2.47 bits per heavy atom. The van der Waals surface area contributed by atoms with Gasteiger partial charge < -0.3 is 0 Å². The second kappa shape index (κ2) is 4.26. The van der Waals surface area contributed by atoms with E-state index in [0.29, 0.717) is 0 Å². The van der Waals surface area contributed by atoms with E-state index in [1.54, 1.807) is 22.6 Å². The molecule has 15 heavy (non-hydrogen) atoms.